The van der Waals surface area contributed by atoms with Crippen LogP contribution in [0.3, 0.4) is 0 Å². The van der Waals surface area contributed by atoms with Gasteiger partial charge in [0.25, 0.3) is 0 Å². The standard InChI is InChI=1S/C13H20ClNO3/c1-4-17-5-6-18-13-10(9-15-2)7-11(14)8-12(13)16-3/h7-8,15H,4-6,9H2,1-3H3. The van der Waals surface area contributed by atoms with Gasteiger partial charge in [-0.05, 0) is 20.0 Å². The van der Waals surface area contributed by atoms with Gasteiger partial charge in [-0.2, -0.15) is 0 Å². The lowest BCUT2D eigenvalue weighted by atomic mass is 10.2. The van der Waals surface area contributed by atoms with Gasteiger partial charge in [-0.1, -0.05) is 11.6 Å². The molecular weight excluding hydrogens is 254 g/mol. The van der Waals surface area contributed by atoms with E-state index in [9.17, 15) is 0 Å². The van der Waals surface area contributed by atoms with Gasteiger partial charge in [0.2, 0.25) is 0 Å². The number of benzene rings is 1. The van der Waals surface area contributed by atoms with E-state index in [0.29, 0.717) is 37.1 Å². The van der Waals surface area contributed by atoms with Crippen molar-refractivity contribution >= 4 is 11.6 Å². The topological polar surface area (TPSA) is 39.7 Å². The Kier molecular flexibility index (Phi) is 6.86. The highest BCUT2D eigenvalue weighted by Crippen LogP contribution is 2.34. The Morgan fingerprint density at radius 2 is 2.06 bits per heavy atom. The van der Waals surface area contributed by atoms with Gasteiger partial charge in [-0.25, -0.2) is 0 Å². The van der Waals surface area contributed by atoms with Crippen LogP contribution in [0.5, 0.6) is 11.5 Å². The third-order valence-corrected chi connectivity index (χ3v) is 2.58. The molecule has 0 heterocycles. The van der Waals surface area contributed by atoms with Gasteiger partial charge < -0.3 is 19.5 Å². The summed E-state index contributed by atoms with van der Waals surface area (Å²) in [6.07, 6.45) is 0. The molecule has 1 aromatic rings. The summed E-state index contributed by atoms with van der Waals surface area (Å²) in [6, 6.07) is 3.62. The van der Waals surface area contributed by atoms with Crippen LogP contribution < -0.4 is 14.8 Å². The molecule has 1 aromatic carbocycles. The minimum atomic E-state index is 0.489. The van der Waals surface area contributed by atoms with Crippen LogP contribution in [0.1, 0.15) is 12.5 Å². The molecule has 0 aromatic heterocycles. The number of methoxy groups -OCH3 is 1. The van der Waals surface area contributed by atoms with Crippen molar-refractivity contribution < 1.29 is 14.2 Å². The molecule has 0 atom stereocenters. The molecule has 1 N–H and O–H groups in total. The Morgan fingerprint density at radius 1 is 1.28 bits per heavy atom. The maximum atomic E-state index is 6.03. The fourth-order valence-corrected chi connectivity index (χ4v) is 1.84. The summed E-state index contributed by atoms with van der Waals surface area (Å²) >= 11 is 6.03. The predicted molar refractivity (Wildman–Crippen MR) is 72.8 cm³/mol. The van der Waals surface area contributed by atoms with Gasteiger partial charge in [0.1, 0.15) is 6.61 Å². The van der Waals surface area contributed by atoms with Crippen LogP contribution in [-0.4, -0.2) is 34.0 Å². The molecule has 0 aliphatic rings. The van der Waals surface area contributed by atoms with Crippen LogP contribution in [-0.2, 0) is 11.3 Å². The number of hydrogen-bond acceptors (Lipinski definition) is 4. The maximum absolute atomic E-state index is 6.03. The summed E-state index contributed by atoms with van der Waals surface area (Å²) < 4.78 is 16.3. The first-order chi connectivity index (χ1) is 8.72. The molecule has 4 nitrogen and oxygen atoms in total. The van der Waals surface area contributed by atoms with E-state index in [0.717, 1.165) is 11.3 Å². The molecule has 0 radical (unpaired) electrons. The van der Waals surface area contributed by atoms with E-state index in [1.807, 2.05) is 20.0 Å². The Morgan fingerprint density at radius 3 is 2.67 bits per heavy atom. The van der Waals surface area contributed by atoms with Crippen molar-refractivity contribution in [2.45, 2.75) is 13.5 Å². The molecule has 0 bridgehead atoms. The summed E-state index contributed by atoms with van der Waals surface area (Å²) in [7, 11) is 3.47. The normalized spacial score (nSPS) is 10.4. The second kappa shape index (κ2) is 8.19. The fourth-order valence-electron chi connectivity index (χ4n) is 1.61. The minimum absolute atomic E-state index is 0.489. The Bertz CT molecular complexity index is 371. The van der Waals surface area contributed by atoms with Gasteiger partial charge in [0.05, 0.1) is 13.7 Å². The molecule has 0 fully saturated rings. The highest BCUT2D eigenvalue weighted by molar-refractivity contribution is 6.30. The molecule has 0 saturated carbocycles. The van der Waals surface area contributed by atoms with Gasteiger partial charge >= 0.3 is 0 Å². The Balaban J connectivity index is 2.83. The van der Waals surface area contributed by atoms with Crippen molar-refractivity contribution in [3.05, 3.63) is 22.7 Å². The summed E-state index contributed by atoms with van der Waals surface area (Å²) in [5.74, 6) is 1.36. The van der Waals surface area contributed by atoms with E-state index in [1.54, 1.807) is 13.2 Å². The van der Waals surface area contributed by atoms with Crippen LogP contribution in [0.25, 0.3) is 0 Å². The van der Waals surface area contributed by atoms with E-state index >= 15 is 0 Å². The van der Waals surface area contributed by atoms with Crippen molar-refractivity contribution in [2.24, 2.45) is 0 Å². The highest BCUT2D eigenvalue weighted by Gasteiger charge is 2.12. The van der Waals surface area contributed by atoms with Gasteiger partial charge in [0, 0.05) is 29.8 Å². The monoisotopic (exact) mass is 273 g/mol. The van der Waals surface area contributed by atoms with Crippen LogP contribution in [0.2, 0.25) is 5.02 Å². The van der Waals surface area contributed by atoms with Crippen molar-refractivity contribution in [1.82, 2.24) is 5.32 Å². The van der Waals surface area contributed by atoms with E-state index in [-0.39, 0.29) is 0 Å². The lowest BCUT2D eigenvalue weighted by Crippen LogP contribution is -2.11. The SMILES string of the molecule is CCOCCOc1c(CNC)cc(Cl)cc1OC. The van der Waals surface area contributed by atoms with Crippen LogP contribution in [0, 0.1) is 0 Å². The lowest BCUT2D eigenvalue weighted by Gasteiger charge is -2.15. The third kappa shape index (κ3) is 4.37. The predicted octanol–water partition coefficient (Wildman–Crippen LogP) is 2.48. The molecule has 0 aliphatic heterocycles. The molecule has 0 saturated heterocycles. The summed E-state index contributed by atoms with van der Waals surface area (Å²) in [4.78, 5) is 0. The quantitative estimate of drug-likeness (QED) is 0.739. The molecule has 0 aliphatic carbocycles. The lowest BCUT2D eigenvalue weighted by molar-refractivity contribution is 0.108. The van der Waals surface area contributed by atoms with Gasteiger partial charge in [0.15, 0.2) is 11.5 Å². The number of hydrogen-bond donors (Lipinski definition) is 1. The first-order valence-corrected chi connectivity index (χ1v) is 6.32. The second-order valence-electron chi connectivity index (χ2n) is 3.67. The first-order valence-electron chi connectivity index (χ1n) is 5.94. The smallest absolute Gasteiger partial charge is 0.165 e. The first kappa shape index (κ1) is 15.1. The van der Waals surface area contributed by atoms with Crippen molar-refractivity contribution in [1.29, 1.82) is 0 Å². The average molecular weight is 274 g/mol. The van der Waals surface area contributed by atoms with E-state index in [2.05, 4.69) is 5.32 Å². The second-order valence-corrected chi connectivity index (χ2v) is 4.11. The van der Waals surface area contributed by atoms with Crippen molar-refractivity contribution in [2.75, 3.05) is 34.0 Å². The van der Waals surface area contributed by atoms with Crippen LogP contribution in [0.4, 0.5) is 0 Å². The fraction of sp³-hybridized carbons (Fsp3) is 0.538. The number of rotatable bonds is 8. The Hall–Kier alpha value is -0.970. The van der Waals surface area contributed by atoms with Crippen molar-refractivity contribution in [3.8, 4) is 11.5 Å². The zero-order chi connectivity index (χ0) is 13.4. The largest absolute Gasteiger partial charge is 0.493 e. The highest BCUT2D eigenvalue weighted by atomic mass is 35.5. The van der Waals surface area contributed by atoms with Crippen LogP contribution in [0.15, 0.2) is 12.1 Å². The van der Waals surface area contributed by atoms with Gasteiger partial charge in [-0.15, -0.1) is 0 Å². The van der Waals surface area contributed by atoms with E-state index in [1.165, 1.54) is 0 Å². The zero-order valence-corrected chi connectivity index (χ0v) is 11.8. The molecule has 5 heteroatoms. The minimum Gasteiger partial charge on any atom is -0.493 e. The Labute approximate surface area is 113 Å². The molecule has 18 heavy (non-hydrogen) atoms. The number of ether oxygens (including phenoxy) is 3. The van der Waals surface area contributed by atoms with Crippen molar-refractivity contribution in [3.63, 3.8) is 0 Å². The molecule has 1 rings (SSSR count). The van der Waals surface area contributed by atoms with Crippen LogP contribution >= 0.6 is 11.6 Å². The molecule has 102 valence electrons. The summed E-state index contributed by atoms with van der Waals surface area (Å²) in [5, 5.41) is 3.71. The number of halogens is 1. The number of nitrogens with one attached hydrogen (secondary N) is 1. The molecular formula is C13H20ClNO3. The maximum Gasteiger partial charge on any atom is 0.165 e. The van der Waals surface area contributed by atoms with E-state index in [4.69, 9.17) is 25.8 Å². The summed E-state index contributed by atoms with van der Waals surface area (Å²) in [5.41, 5.74) is 0.971. The van der Waals surface area contributed by atoms with E-state index < -0.39 is 0 Å². The molecule has 0 amide bonds. The average Bonchev–Trinajstić information content (AvgIpc) is 2.36. The molecule has 0 unspecified atom stereocenters. The molecule has 0 spiro atoms. The van der Waals surface area contributed by atoms with Gasteiger partial charge in [-0.3, -0.25) is 0 Å². The summed E-state index contributed by atoms with van der Waals surface area (Å²) in [6.45, 7) is 4.35. The zero-order valence-electron chi connectivity index (χ0n) is 11.1. The third-order valence-electron chi connectivity index (χ3n) is 2.36.